The lowest BCUT2D eigenvalue weighted by Gasteiger charge is -2.25. The SMILES string of the molecule is CCCCOc1cccc(N2C(=NC(=O)c3ccccc3)SC3CS(=O)(=O)CC32)c1. The first kappa shape index (κ1) is 20.9. The Morgan fingerprint density at radius 2 is 1.97 bits per heavy atom. The minimum absolute atomic E-state index is 0.0597. The Kier molecular flexibility index (Phi) is 6.15. The van der Waals surface area contributed by atoms with E-state index in [1.807, 2.05) is 35.2 Å². The number of hydrogen-bond donors (Lipinski definition) is 0. The summed E-state index contributed by atoms with van der Waals surface area (Å²) in [4.78, 5) is 19.0. The van der Waals surface area contributed by atoms with Gasteiger partial charge in [0.25, 0.3) is 5.91 Å². The van der Waals surface area contributed by atoms with Crippen LogP contribution in [0.4, 0.5) is 5.69 Å². The summed E-state index contributed by atoms with van der Waals surface area (Å²) in [6.45, 7) is 2.73. The van der Waals surface area contributed by atoms with E-state index >= 15 is 0 Å². The van der Waals surface area contributed by atoms with E-state index in [9.17, 15) is 13.2 Å². The number of carbonyl (C=O) groups is 1. The van der Waals surface area contributed by atoms with Crippen molar-refractivity contribution in [1.82, 2.24) is 0 Å². The molecule has 2 heterocycles. The predicted octanol–water partition coefficient (Wildman–Crippen LogP) is 3.78. The van der Waals surface area contributed by atoms with Gasteiger partial charge in [-0.25, -0.2) is 8.42 Å². The van der Waals surface area contributed by atoms with Crippen LogP contribution in [-0.4, -0.2) is 48.9 Å². The Balaban J connectivity index is 1.66. The van der Waals surface area contributed by atoms with Crippen LogP contribution >= 0.6 is 11.8 Å². The van der Waals surface area contributed by atoms with E-state index < -0.39 is 9.84 Å². The van der Waals surface area contributed by atoms with Crippen LogP contribution in [0.5, 0.6) is 5.75 Å². The van der Waals surface area contributed by atoms with Crippen LogP contribution < -0.4 is 9.64 Å². The van der Waals surface area contributed by atoms with Crippen molar-refractivity contribution in [2.45, 2.75) is 31.1 Å². The van der Waals surface area contributed by atoms with Crippen molar-refractivity contribution in [3.05, 3.63) is 60.2 Å². The number of fused-ring (bicyclic) bond motifs is 1. The van der Waals surface area contributed by atoms with E-state index in [2.05, 4.69) is 11.9 Å². The number of anilines is 1. The molecule has 0 saturated carbocycles. The number of unbranched alkanes of at least 4 members (excludes halogenated alkanes) is 1. The normalized spacial score (nSPS) is 23.5. The summed E-state index contributed by atoms with van der Waals surface area (Å²) in [7, 11) is -3.11. The van der Waals surface area contributed by atoms with Crippen molar-refractivity contribution in [2.75, 3.05) is 23.0 Å². The first-order valence-electron chi connectivity index (χ1n) is 10.0. The number of hydrogen-bond acceptors (Lipinski definition) is 5. The zero-order valence-corrected chi connectivity index (χ0v) is 18.4. The van der Waals surface area contributed by atoms with Gasteiger partial charge in [-0.15, -0.1) is 0 Å². The Morgan fingerprint density at radius 3 is 2.73 bits per heavy atom. The molecule has 6 nitrogen and oxygen atoms in total. The molecule has 0 spiro atoms. The van der Waals surface area contributed by atoms with Crippen LogP contribution in [0.25, 0.3) is 0 Å². The molecule has 0 aliphatic carbocycles. The molecule has 2 fully saturated rings. The molecule has 2 saturated heterocycles. The van der Waals surface area contributed by atoms with Gasteiger partial charge in [0, 0.05) is 22.6 Å². The van der Waals surface area contributed by atoms with Crippen LogP contribution in [0, 0.1) is 0 Å². The summed E-state index contributed by atoms with van der Waals surface area (Å²) >= 11 is 1.37. The first-order valence-corrected chi connectivity index (χ1v) is 12.7. The predicted molar refractivity (Wildman–Crippen MR) is 121 cm³/mol. The van der Waals surface area contributed by atoms with Gasteiger partial charge in [-0.05, 0) is 30.7 Å². The zero-order chi connectivity index (χ0) is 21.1. The molecule has 0 N–H and O–H groups in total. The highest BCUT2D eigenvalue weighted by Gasteiger charge is 2.49. The number of amides is 1. The van der Waals surface area contributed by atoms with Crippen molar-refractivity contribution in [2.24, 2.45) is 4.99 Å². The van der Waals surface area contributed by atoms with Gasteiger partial charge in [0.1, 0.15) is 5.75 Å². The quantitative estimate of drug-likeness (QED) is 0.631. The number of carbonyl (C=O) groups excluding carboxylic acids is 1. The standard InChI is InChI=1S/C22H24N2O4S2/c1-2-3-12-28-18-11-7-10-17(13-18)24-19-14-30(26,27)15-20(19)29-22(24)23-21(25)16-8-5-4-6-9-16/h4-11,13,19-20H,2-3,12,14-15H2,1H3. The smallest absolute Gasteiger partial charge is 0.279 e. The van der Waals surface area contributed by atoms with Crippen LogP contribution in [0.15, 0.2) is 59.6 Å². The highest BCUT2D eigenvalue weighted by Crippen LogP contribution is 2.41. The van der Waals surface area contributed by atoms with Crippen LogP contribution in [0.2, 0.25) is 0 Å². The molecule has 2 aromatic rings. The molecule has 0 radical (unpaired) electrons. The minimum Gasteiger partial charge on any atom is -0.494 e. The summed E-state index contributed by atoms with van der Waals surface area (Å²) in [6, 6.07) is 16.2. The van der Waals surface area contributed by atoms with Gasteiger partial charge in [0.2, 0.25) is 0 Å². The number of benzene rings is 2. The van der Waals surface area contributed by atoms with Gasteiger partial charge < -0.3 is 9.64 Å². The highest BCUT2D eigenvalue weighted by molar-refractivity contribution is 8.16. The summed E-state index contributed by atoms with van der Waals surface area (Å²) in [5, 5.41) is 0.404. The average Bonchev–Trinajstić information content (AvgIpc) is 3.19. The maximum atomic E-state index is 12.7. The lowest BCUT2D eigenvalue weighted by Crippen LogP contribution is -2.37. The molecule has 0 aromatic heterocycles. The molecule has 2 aliphatic heterocycles. The molecule has 1 amide bonds. The fourth-order valence-electron chi connectivity index (χ4n) is 3.66. The van der Waals surface area contributed by atoms with Gasteiger partial charge >= 0.3 is 0 Å². The topological polar surface area (TPSA) is 76.0 Å². The molecular weight excluding hydrogens is 420 g/mol. The second kappa shape index (κ2) is 8.81. The van der Waals surface area contributed by atoms with E-state index in [0.717, 1.165) is 24.3 Å². The highest BCUT2D eigenvalue weighted by atomic mass is 32.2. The van der Waals surface area contributed by atoms with E-state index in [4.69, 9.17) is 4.74 Å². The second-order valence-electron chi connectivity index (χ2n) is 7.44. The van der Waals surface area contributed by atoms with Gasteiger partial charge in [-0.1, -0.05) is 49.4 Å². The number of rotatable bonds is 6. The third-order valence-electron chi connectivity index (χ3n) is 5.15. The van der Waals surface area contributed by atoms with Crippen LogP contribution in [-0.2, 0) is 9.84 Å². The fraction of sp³-hybridized carbons (Fsp3) is 0.364. The Hall–Kier alpha value is -2.32. The summed E-state index contributed by atoms with van der Waals surface area (Å²) in [5.41, 5.74) is 1.30. The van der Waals surface area contributed by atoms with E-state index in [0.29, 0.717) is 17.3 Å². The number of nitrogens with zero attached hydrogens (tertiary/aromatic N) is 2. The number of thioether (sulfide) groups is 1. The van der Waals surface area contributed by atoms with Crippen LogP contribution in [0.1, 0.15) is 30.1 Å². The van der Waals surface area contributed by atoms with Crippen molar-refractivity contribution >= 4 is 38.4 Å². The third kappa shape index (κ3) is 4.54. The van der Waals surface area contributed by atoms with Crippen molar-refractivity contribution in [3.8, 4) is 5.75 Å². The van der Waals surface area contributed by atoms with Crippen molar-refractivity contribution in [3.63, 3.8) is 0 Å². The van der Waals surface area contributed by atoms with Gasteiger partial charge in [0.15, 0.2) is 15.0 Å². The molecular formula is C22H24N2O4S2. The van der Waals surface area contributed by atoms with E-state index in [1.54, 1.807) is 24.3 Å². The maximum Gasteiger partial charge on any atom is 0.279 e. The average molecular weight is 445 g/mol. The molecule has 2 aromatic carbocycles. The number of sulfone groups is 1. The number of amidine groups is 1. The number of ether oxygens (including phenoxy) is 1. The van der Waals surface area contributed by atoms with Crippen molar-refractivity contribution in [1.29, 1.82) is 0 Å². The molecule has 2 unspecified atom stereocenters. The molecule has 2 atom stereocenters. The molecule has 2 aliphatic rings. The summed E-state index contributed by atoms with van der Waals surface area (Å²) in [6.07, 6.45) is 2.01. The molecule has 4 rings (SSSR count). The van der Waals surface area contributed by atoms with E-state index in [1.165, 1.54) is 11.8 Å². The molecule has 8 heteroatoms. The summed E-state index contributed by atoms with van der Waals surface area (Å²) < 4.78 is 30.3. The van der Waals surface area contributed by atoms with Gasteiger partial charge in [-0.2, -0.15) is 4.99 Å². The van der Waals surface area contributed by atoms with Gasteiger partial charge in [0.05, 0.1) is 24.2 Å². The van der Waals surface area contributed by atoms with Crippen molar-refractivity contribution < 1.29 is 17.9 Å². The molecule has 158 valence electrons. The number of aliphatic imine (C=N–C) groups is 1. The van der Waals surface area contributed by atoms with E-state index in [-0.39, 0.29) is 28.7 Å². The minimum atomic E-state index is -3.11. The first-order chi connectivity index (χ1) is 14.5. The third-order valence-corrected chi connectivity index (χ3v) is 8.36. The Labute approximate surface area is 181 Å². The Morgan fingerprint density at radius 1 is 1.17 bits per heavy atom. The summed E-state index contributed by atoms with van der Waals surface area (Å²) in [5.74, 6) is 0.555. The lowest BCUT2D eigenvalue weighted by molar-refractivity contribution is 0.100. The largest absolute Gasteiger partial charge is 0.494 e. The monoisotopic (exact) mass is 444 g/mol. The lowest BCUT2D eigenvalue weighted by atomic mass is 10.2. The zero-order valence-electron chi connectivity index (χ0n) is 16.7. The molecule has 30 heavy (non-hydrogen) atoms. The fourth-order valence-corrected chi connectivity index (χ4v) is 7.57. The maximum absolute atomic E-state index is 12.7. The Bertz CT molecular complexity index is 1050. The second-order valence-corrected chi connectivity index (χ2v) is 10.8. The molecule has 0 bridgehead atoms. The van der Waals surface area contributed by atoms with Gasteiger partial charge in [-0.3, -0.25) is 4.79 Å². The van der Waals surface area contributed by atoms with Crippen LogP contribution in [0.3, 0.4) is 0 Å².